The minimum atomic E-state index is -4.66. The number of benzene rings is 3. The van der Waals surface area contributed by atoms with Crippen molar-refractivity contribution >= 4 is 23.1 Å². The van der Waals surface area contributed by atoms with E-state index in [0.29, 0.717) is 23.7 Å². The van der Waals surface area contributed by atoms with Gasteiger partial charge in [-0.2, -0.15) is 13.2 Å². The summed E-state index contributed by atoms with van der Waals surface area (Å²) in [6, 6.07) is 15.7. The van der Waals surface area contributed by atoms with Crippen LogP contribution in [-0.2, 0) is 15.8 Å². The molecule has 0 radical (unpaired) electrons. The normalized spacial score (nSPS) is 17.2. The first kappa shape index (κ1) is 25.8. The maximum atomic E-state index is 13.4. The number of ketones is 1. The van der Waals surface area contributed by atoms with Crippen molar-refractivity contribution in [3.63, 3.8) is 0 Å². The first-order valence-electron chi connectivity index (χ1n) is 11.5. The Kier molecular flexibility index (Phi) is 7.24. The molecular formula is C28H24F3NO5. The number of hydrogen-bond donors (Lipinski definition) is 1. The van der Waals surface area contributed by atoms with Crippen LogP contribution in [0, 0.1) is 0 Å². The van der Waals surface area contributed by atoms with Gasteiger partial charge < -0.3 is 14.6 Å². The lowest BCUT2D eigenvalue weighted by atomic mass is 9.95. The minimum absolute atomic E-state index is 0.132. The molecule has 0 saturated carbocycles. The van der Waals surface area contributed by atoms with E-state index >= 15 is 0 Å². The zero-order chi connectivity index (χ0) is 26.7. The molecule has 1 saturated heterocycles. The number of halogens is 3. The molecule has 1 aliphatic heterocycles. The third-order valence-corrected chi connectivity index (χ3v) is 5.91. The van der Waals surface area contributed by atoms with Crippen molar-refractivity contribution in [1.82, 2.24) is 0 Å². The van der Waals surface area contributed by atoms with E-state index in [1.165, 1.54) is 13.2 Å². The van der Waals surface area contributed by atoms with E-state index in [2.05, 4.69) is 0 Å². The van der Waals surface area contributed by atoms with Gasteiger partial charge in [-0.05, 0) is 66.6 Å². The quantitative estimate of drug-likeness (QED) is 0.235. The van der Waals surface area contributed by atoms with Crippen molar-refractivity contribution in [2.24, 2.45) is 0 Å². The summed E-state index contributed by atoms with van der Waals surface area (Å²) in [5, 5.41) is 11.2. The number of hydrogen-bond acceptors (Lipinski definition) is 5. The molecule has 192 valence electrons. The van der Waals surface area contributed by atoms with Crippen LogP contribution in [0.5, 0.6) is 11.5 Å². The summed E-state index contributed by atoms with van der Waals surface area (Å²) in [5.74, 6) is -1.56. The predicted molar refractivity (Wildman–Crippen MR) is 131 cm³/mol. The largest absolute Gasteiger partial charge is 0.507 e. The Hall–Kier alpha value is -4.27. The van der Waals surface area contributed by atoms with Crippen LogP contribution < -0.4 is 14.4 Å². The zero-order valence-electron chi connectivity index (χ0n) is 20.1. The lowest BCUT2D eigenvalue weighted by Gasteiger charge is -2.26. The van der Waals surface area contributed by atoms with E-state index in [1.54, 1.807) is 48.5 Å². The predicted octanol–water partition coefficient (Wildman–Crippen LogP) is 6.13. The second-order valence-electron chi connectivity index (χ2n) is 8.37. The first-order chi connectivity index (χ1) is 17.7. The molecule has 1 amide bonds. The smallest absolute Gasteiger partial charge is 0.416 e. The fourth-order valence-electron chi connectivity index (χ4n) is 4.14. The Morgan fingerprint density at radius 1 is 0.973 bits per heavy atom. The number of nitrogens with zero attached hydrogens (tertiary/aromatic N) is 1. The highest BCUT2D eigenvalue weighted by Crippen LogP contribution is 2.44. The molecule has 0 aliphatic carbocycles. The highest BCUT2D eigenvalue weighted by Gasteiger charge is 2.47. The molecule has 0 aromatic heterocycles. The Morgan fingerprint density at radius 3 is 2.32 bits per heavy atom. The average molecular weight is 511 g/mol. The maximum absolute atomic E-state index is 13.4. The van der Waals surface area contributed by atoms with Crippen LogP contribution in [0.3, 0.4) is 0 Å². The maximum Gasteiger partial charge on any atom is 0.416 e. The standard InChI is InChI=1S/C28H24F3NO5/c1-3-14-37-21-12-10-17(11-13-21)25(33)23-24(18-6-4-9-22(15-18)36-2)32(27(35)26(23)34)20-8-5-7-19(16-20)28(29,30)31/h4-13,15-16,24,33H,3,14H2,1-2H3/b25-23+. The molecule has 0 spiro atoms. The number of anilines is 1. The third kappa shape index (κ3) is 5.16. The van der Waals surface area contributed by atoms with Gasteiger partial charge in [-0.25, -0.2) is 0 Å². The molecule has 6 nitrogen and oxygen atoms in total. The lowest BCUT2D eigenvalue weighted by molar-refractivity contribution is -0.137. The van der Waals surface area contributed by atoms with Gasteiger partial charge in [0, 0.05) is 11.3 Å². The molecule has 1 N–H and O–H groups in total. The van der Waals surface area contributed by atoms with Gasteiger partial charge in [-0.3, -0.25) is 14.5 Å². The van der Waals surface area contributed by atoms with Gasteiger partial charge in [0.2, 0.25) is 0 Å². The molecule has 4 rings (SSSR count). The molecule has 1 fully saturated rings. The molecule has 9 heteroatoms. The molecule has 1 aliphatic rings. The summed E-state index contributed by atoms with van der Waals surface area (Å²) in [6.07, 6.45) is -3.85. The number of Topliss-reactive ketones (excluding diaryl/α,β-unsaturated/α-hetero) is 1. The number of rotatable bonds is 7. The summed E-state index contributed by atoms with van der Waals surface area (Å²) in [7, 11) is 1.44. The fraction of sp³-hybridized carbons (Fsp3) is 0.214. The van der Waals surface area contributed by atoms with Crippen molar-refractivity contribution in [3.8, 4) is 11.5 Å². The molecule has 1 atom stereocenters. The van der Waals surface area contributed by atoms with E-state index in [9.17, 15) is 27.9 Å². The van der Waals surface area contributed by atoms with Crippen LogP contribution in [0.1, 0.15) is 36.1 Å². The number of amides is 1. The number of aliphatic hydroxyl groups is 1. The summed E-state index contributed by atoms with van der Waals surface area (Å²) in [5.41, 5.74) is -0.733. The summed E-state index contributed by atoms with van der Waals surface area (Å²) in [4.78, 5) is 27.4. The molecule has 3 aromatic rings. The highest BCUT2D eigenvalue weighted by atomic mass is 19.4. The van der Waals surface area contributed by atoms with Crippen molar-refractivity contribution in [3.05, 3.63) is 95.1 Å². The monoisotopic (exact) mass is 511 g/mol. The van der Waals surface area contributed by atoms with Gasteiger partial charge >= 0.3 is 6.18 Å². The van der Waals surface area contributed by atoms with Crippen LogP contribution in [0.25, 0.3) is 5.76 Å². The highest BCUT2D eigenvalue weighted by molar-refractivity contribution is 6.51. The van der Waals surface area contributed by atoms with Crippen LogP contribution in [0.15, 0.2) is 78.4 Å². The van der Waals surface area contributed by atoms with Gasteiger partial charge in [0.25, 0.3) is 11.7 Å². The number of methoxy groups -OCH3 is 1. The van der Waals surface area contributed by atoms with Gasteiger partial charge in [0.1, 0.15) is 17.3 Å². The topological polar surface area (TPSA) is 76.1 Å². The SMILES string of the molecule is CCCOc1ccc(/C(O)=C2\C(=O)C(=O)N(c3cccc(C(F)(F)F)c3)C2c2cccc(OC)c2)cc1. The van der Waals surface area contributed by atoms with Crippen molar-refractivity contribution in [1.29, 1.82) is 0 Å². The summed E-state index contributed by atoms with van der Waals surface area (Å²) in [6.45, 7) is 2.46. The average Bonchev–Trinajstić information content (AvgIpc) is 3.17. The zero-order valence-corrected chi connectivity index (χ0v) is 20.1. The molecule has 1 unspecified atom stereocenters. The van der Waals surface area contributed by atoms with Gasteiger partial charge in [-0.1, -0.05) is 25.1 Å². The van der Waals surface area contributed by atoms with E-state index < -0.39 is 35.2 Å². The number of ether oxygens (including phenoxy) is 2. The first-order valence-corrected chi connectivity index (χ1v) is 11.5. The van der Waals surface area contributed by atoms with Crippen molar-refractivity contribution in [2.75, 3.05) is 18.6 Å². The second-order valence-corrected chi connectivity index (χ2v) is 8.37. The van der Waals surface area contributed by atoms with Gasteiger partial charge in [0.15, 0.2) is 0 Å². The van der Waals surface area contributed by atoms with Gasteiger partial charge in [0.05, 0.1) is 30.9 Å². The van der Waals surface area contributed by atoms with E-state index in [4.69, 9.17) is 9.47 Å². The lowest BCUT2D eigenvalue weighted by Crippen LogP contribution is -2.29. The van der Waals surface area contributed by atoms with Crippen LogP contribution >= 0.6 is 0 Å². The Bertz CT molecular complexity index is 1350. The van der Waals surface area contributed by atoms with Crippen molar-refractivity contribution < 1.29 is 37.3 Å². The van der Waals surface area contributed by atoms with E-state index in [-0.39, 0.29) is 16.8 Å². The molecule has 0 bridgehead atoms. The Balaban J connectivity index is 1.88. The van der Waals surface area contributed by atoms with Crippen molar-refractivity contribution in [2.45, 2.75) is 25.6 Å². The summed E-state index contributed by atoms with van der Waals surface area (Å²) >= 11 is 0. The molecule has 3 aromatic carbocycles. The van der Waals surface area contributed by atoms with E-state index in [1.807, 2.05) is 6.92 Å². The van der Waals surface area contributed by atoms with Crippen LogP contribution in [-0.4, -0.2) is 30.5 Å². The van der Waals surface area contributed by atoms with E-state index in [0.717, 1.165) is 29.5 Å². The van der Waals surface area contributed by atoms with Crippen LogP contribution in [0.4, 0.5) is 18.9 Å². The van der Waals surface area contributed by atoms with Crippen LogP contribution in [0.2, 0.25) is 0 Å². The second kappa shape index (κ2) is 10.4. The number of alkyl halides is 3. The Morgan fingerprint density at radius 2 is 1.68 bits per heavy atom. The molecule has 1 heterocycles. The summed E-state index contributed by atoms with van der Waals surface area (Å²) < 4.78 is 51.1. The molecular weight excluding hydrogens is 487 g/mol. The molecule has 37 heavy (non-hydrogen) atoms. The third-order valence-electron chi connectivity index (χ3n) is 5.91. The number of carbonyl (C=O) groups is 2. The Labute approximate surface area is 211 Å². The number of carbonyl (C=O) groups excluding carboxylic acids is 2. The fourth-order valence-corrected chi connectivity index (χ4v) is 4.14. The minimum Gasteiger partial charge on any atom is -0.507 e. The van der Waals surface area contributed by atoms with Gasteiger partial charge in [-0.15, -0.1) is 0 Å². The number of aliphatic hydroxyl groups excluding tert-OH is 1.